The zero-order chi connectivity index (χ0) is 30.9. The first kappa shape index (κ1) is 28.6. The van der Waals surface area contributed by atoms with Crippen molar-refractivity contribution < 1.29 is 30.8 Å². The second-order valence-corrected chi connectivity index (χ2v) is 13.9. The van der Waals surface area contributed by atoms with Crippen LogP contribution in [0.3, 0.4) is 0 Å². The van der Waals surface area contributed by atoms with Crippen LogP contribution in [-0.2, 0) is 22.8 Å². The zero-order valence-electron chi connectivity index (χ0n) is 23.2. The van der Waals surface area contributed by atoms with Crippen molar-refractivity contribution in [3.63, 3.8) is 0 Å². The first-order valence-corrected chi connectivity index (χ1v) is 15.7. The second kappa shape index (κ2) is 10.2. The summed E-state index contributed by atoms with van der Waals surface area (Å²) in [5.74, 6) is -0.285. The third-order valence-corrected chi connectivity index (χ3v) is 10.8. The van der Waals surface area contributed by atoms with Gasteiger partial charge in [0.1, 0.15) is 11.5 Å². The molecule has 2 saturated carbocycles. The number of alkyl halides is 3. The standard InChI is InChI=1S/C30H26F4N6O3S/c31-22-5-7-23(8-6-22)40-26-11-21-4-9-24(44(42,43)27-16-36-39(38-27)17-30(32,33)34)13-29(21,12-20(26)15-37-40)28(41)25-10-3-19(14-35-25)18-1-2-18/h3,5-8,10-11,14-16,18,24H,1-2,4,9,12-13,17H2/t24-,29-/m0/s1. The number of benzene rings is 1. The van der Waals surface area contributed by atoms with Gasteiger partial charge in [-0.2, -0.15) is 28.2 Å². The van der Waals surface area contributed by atoms with Crippen LogP contribution in [0.1, 0.15) is 65.3 Å². The van der Waals surface area contributed by atoms with Crippen molar-refractivity contribution in [2.24, 2.45) is 5.41 Å². The van der Waals surface area contributed by atoms with Gasteiger partial charge in [0, 0.05) is 6.20 Å². The SMILES string of the molecule is O=C(c1ccc(C2CC2)cn1)[C@]12Cc3cnn(-c4ccc(F)cc4)c3C=C1CC[C@H](S(=O)(=O)c1cnn(CC(F)(F)F)n1)C2. The molecular formula is C30H26F4N6O3S. The van der Waals surface area contributed by atoms with Crippen LogP contribution in [0.25, 0.3) is 11.8 Å². The molecule has 14 heteroatoms. The fourth-order valence-corrected chi connectivity index (χ4v) is 8.06. The van der Waals surface area contributed by atoms with Gasteiger partial charge < -0.3 is 0 Å². The summed E-state index contributed by atoms with van der Waals surface area (Å²) in [7, 11) is -4.25. The maximum absolute atomic E-state index is 14.4. The van der Waals surface area contributed by atoms with E-state index in [2.05, 4.69) is 20.3 Å². The minimum absolute atomic E-state index is 0.112. The molecule has 0 aliphatic heterocycles. The molecule has 9 nitrogen and oxygen atoms in total. The first-order chi connectivity index (χ1) is 20.9. The van der Waals surface area contributed by atoms with Crippen molar-refractivity contribution in [1.82, 2.24) is 29.8 Å². The third-order valence-electron chi connectivity index (χ3n) is 8.76. The van der Waals surface area contributed by atoms with Gasteiger partial charge in [-0.25, -0.2) is 17.5 Å². The van der Waals surface area contributed by atoms with E-state index in [-0.39, 0.29) is 37.2 Å². The minimum atomic E-state index is -4.62. The lowest BCUT2D eigenvalue weighted by Gasteiger charge is -2.43. The summed E-state index contributed by atoms with van der Waals surface area (Å²) < 4.78 is 81.4. The van der Waals surface area contributed by atoms with Crippen molar-refractivity contribution in [2.45, 2.75) is 67.4 Å². The molecule has 0 spiro atoms. The van der Waals surface area contributed by atoms with E-state index in [1.165, 1.54) is 12.1 Å². The molecule has 7 rings (SSSR count). The second-order valence-electron chi connectivity index (χ2n) is 11.7. The number of halogens is 4. The van der Waals surface area contributed by atoms with Crippen LogP contribution in [0.15, 0.2) is 65.6 Å². The van der Waals surface area contributed by atoms with E-state index < -0.39 is 44.1 Å². The Morgan fingerprint density at radius 1 is 1.00 bits per heavy atom. The van der Waals surface area contributed by atoms with Gasteiger partial charge in [-0.05, 0) is 92.0 Å². The number of nitrogens with zero attached hydrogens (tertiary/aromatic N) is 6. The number of allylic oxidation sites excluding steroid dienone is 1. The van der Waals surface area contributed by atoms with Crippen LogP contribution < -0.4 is 0 Å². The highest BCUT2D eigenvalue weighted by Gasteiger charge is 2.52. The average Bonchev–Trinajstić information content (AvgIpc) is 3.61. The van der Waals surface area contributed by atoms with Gasteiger partial charge in [0.2, 0.25) is 9.84 Å². The summed E-state index contributed by atoms with van der Waals surface area (Å²) in [6, 6.07) is 9.40. The van der Waals surface area contributed by atoms with Crippen LogP contribution in [0, 0.1) is 11.2 Å². The molecule has 2 atom stereocenters. The number of carbonyl (C=O) groups is 1. The van der Waals surface area contributed by atoms with E-state index in [9.17, 15) is 30.8 Å². The Labute approximate surface area is 249 Å². The highest BCUT2D eigenvalue weighted by Crippen LogP contribution is 2.52. The van der Waals surface area contributed by atoms with Crippen molar-refractivity contribution in [3.05, 3.63) is 88.9 Å². The highest BCUT2D eigenvalue weighted by molar-refractivity contribution is 7.92. The number of hydrogen-bond donors (Lipinski definition) is 0. The molecule has 3 aliphatic carbocycles. The van der Waals surface area contributed by atoms with Crippen LogP contribution in [-0.4, -0.2) is 55.4 Å². The van der Waals surface area contributed by atoms with E-state index in [1.54, 1.807) is 35.3 Å². The average molecular weight is 627 g/mol. The first-order valence-electron chi connectivity index (χ1n) is 14.2. The molecular weight excluding hydrogens is 600 g/mol. The predicted octanol–water partition coefficient (Wildman–Crippen LogP) is 5.27. The number of carbonyl (C=O) groups excluding carboxylic acids is 1. The van der Waals surface area contributed by atoms with Gasteiger partial charge in [0.15, 0.2) is 17.4 Å². The molecule has 0 amide bonds. The monoisotopic (exact) mass is 626 g/mol. The molecule has 0 N–H and O–H groups in total. The van der Waals surface area contributed by atoms with Gasteiger partial charge in [-0.1, -0.05) is 11.6 Å². The van der Waals surface area contributed by atoms with Gasteiger partial charge in [-0.3, -0.25) is 9.78 Å². The molecule has 0 unspecified atom stereocenters. The summed E-state index contributed by atoms with van der Waals surface area (Å²) in [5.41, 5.74) is 2.74. The van der Waals surface area contributed by atoms with E-state index in [1.807, 2.05) is 12.1 Å². The highest BCUT2D eigenvalue weighted by atomic mass is 32.2. The third kappa shape index (κ3) is 5.04. The molecule has 4 aromatic rings. The van der Waals surface area contributed by atoms with Gasteiger partial charge in [0.25, 0.3) is 0 Å². The molecule has 3 heterocycles. The van der Waals surface area contributed by atoms with Crippen LogP contribution in [0.5, 0.6) is 0 Å². The molecule has 0 bridgehead atoms. The molecule has 228 valence electrons. The summed E-state index contributed by atoms with van der Waals surface area (Å²) in [4.78, 5) is 19.2. The fourth-order valence-electron chi connectivity index (χ4n) is 6.38. The number of fused-ring (bicyclic) bond motifs is 2. The molecule has 1 aromatic carbocycles. The molecule has 2 fully saturated rings. The lowest BCUT2D eigenvalue weighted by Crippen LogP contribution is -2.46. The molecule has 44 heavy (non-hydrogen) atoms. The number of sulfone groups is 1. The van der Waals surface area contributed by atoms with Crippen LogP contribution >= 0.6 is 0 Å². The Morgan fingerprint density at radius 3 is 2.45 bits per heavy atom. The van der Waals surface area contributed by atoms with E-state index >= 15 is 0 Å². The van der Waals surface area contributed by atoms with E-state index in [0.717, 1.165) is 30.2 Å². The quantitative estimate of drug-likeness (QED) is 0.203. The summed E-state index contributed by atoms with van der Waals surface area (Å²) in [6.45, 7) is -1.52. The van der Waals surface area contributed by atoms with Crippen molar-refractivity contribution in [3.8, 4) is 5.69 Å². The van der Waals surface area contributed by atoms with E-state index in [0.29, 0.717) is 27.7 Å². The lowest BCUT2D eigenvalue weighted by atomic mass is 9.61. The van der Waals surface area contributed by atoms with Gasteiger partial charge in [-0.15, -0.1) is 5.10 Å². The smallest absolute Gasteiger partial charge is 0.291 e. The number of Topliss-reactive ketones (excluding diaryl/α,β-unsaturated/α-hetero) is 1. The van der Waals surface area contributed by atoms with Gasteiger partial charge >= 0.3 is 6.18 Å². The van der Waals surface area contributed by atoms with Crippen molar-refractivity contribution in [2.75, 3.05) is 0 Å². The Balaban J connectivity index is 1.27. The number of rotatable bonds is 7. The van der Waals surface area contributed by atoms with Crippen LogP contribution in [0.4, 0.5) is 17.6 Å². The van der Waals surface area contributed by atoms with E-state index in [4.69, 9.17) is 0 Å². The Morgan fingerprint density at radius 2 is 1.77 bits per heavy atom. The van der Waals surface area contributed by atoms with Gasteiger partial charge in [0.05, 0.1) is 34.4 Å². The molecule has 0 radical (unpaired) electrons. The minimum Gasteiger partial charge on any atom is -0.291 e. The summed E-state index contributed by atoms with van der Waals surface area (Å²) in [6.07, 6.45) is 3.91. The number of hydrogen-bond acceptors (Lipinski definition) is 7. The van der Waals surface area contributed by atoms with Crippen molar-refractivity contribution in [1.29, 1.82) is 0 Å². The zero-order valence-corrected chi connectivity index (χ0v) is 24.0. The maximum atomic E-state index is 14.4. The Hall–Kier alpha value is -4.20. The summed E-state index contributed by atoms with van der Waals surface area (Å²) >= 11 is 0. The Kier molecular flexibility index (Phi) is 6.61. The van der Waals surface area contributed by atoms with Crippen molar-refractivity contribution >= 4 is 21.7 Å². The molecule has 3 aromatic heterocycles. The fraction of sp³-hybridized carbons (Fsp3) is 0.367. The largest absolute Gasteiger partial charge is 0.409 e. The summed E-state index contributed by atoms with van der Waals surface area (Å²) in [5, 5.41) is 9.99. The lowest BCUT2D eigenvalue weighted by molar-refractivity contribution is -0.145. The topological polar surface area (TPSA) is 113 Å². The Bertz CT molecular complexity index is 1890. The normalized spacial score (nSPS) is 21.8. The number of aromatic nitrogens is 6. The molecule has 3 aliphatic rings. The molecule has 0 saturated heterocycles. The number of pyridine rings is 1. The maximum Gasteiger partial charge on any atom is 0.409 e. The predicted molar refractivity (Wildman–Crippen MR) is 149 cm³/mol. The number of ketones is 1. The van der Waals surface area contributed by atoms with Crippen LogP contribution in [0.2, 0.25) is 0 Å².